The van der Waals surface area contributed by atoms with E-state index in [2.05, 4.69) is 9.82 Å². The van der Waals surface area contributed by atoms with Crippen molar-refractivity contribution < 1.29 is 8.42 Å². The van der Waals surface area contributed by atoms with Gasteiger partial charge in [0, 0.05) is 6.20 Å². The monoisotopic (exact) mass is 355 g/mol. The minimum absolute atomic E-state index is 0.198. The predicted molar refractivity (Wildman–Crippen MR) is 99.2 cm³/mol. The molecule has 1 aromatic heterocycles. The first-order valence-electron chi connectivity index (χ1n) is 8.04. The van der Waals surface area contributed by atoms with Crippen molar-refractivity contribution in [3.8, 4) is 0 Å². The van der Waals surface area contributed by atoms with Crippen LogP contribution in [0.2, 0.25) is 0 Å². The van der Waals surface area contributed by atoms with E-state index in [1.54, 1.807) is 23.9 Å². The fourth-order valence-corrected chi connectivity index (χ4v) is 3.99. The highest BCUT2D eigenvalue weighted by Gasteiger charge is 2.21. The van der Waals surface area contributed by atoms with E-state index in [4.69, 9.17) is 0 Å². The number of nitrogens with zero attached hydrogens (tertiary/aromatic N) is 2. The summed E-state index contributed by atoms with van der Waals surface area (Å²) in [7, 11) is -3.69. The minimum Gasteiger partial charge on any atom is -0.279 e. The smallest absolute Gasteiger partial charge is 0.265 e. The Hall–Kier alpha value is -2.60. The second-order valence-corrected chi connectivity index (χ2v) is 7.77. The molecule has 0 saturated carbocycles. The number of hydrogen-bond acceptors (Lipinski definition) is 3. The van der Waals surface area contributed by atoms with Gasteiger partial charge in [-0.15, -0.1) is 0 Å². The molecule has 0 aliphatic carbocycles. The van der Waals surface area contributed by atoms with Crippen LogP contribution in [-0.4, -0.2) is 18.2 Å². The summed E-state index contributed by atoms with van der Waals surface area (Å²) in [5.41, 5.74) is 4.09. The number of sulfonamides is 1. The molecule has 0 aliphatic heterocycles. The summed E-state index contributed by atoms with van der Waals surface area (Å²) in [6.45, 7) is 6.09. The van der Waals surface area contributed by atoms with Gasteiger partial charge >= 0.3 is 0 Å². The van der Waals surface area contributed by atoms with Crippen LogP contribution in [0, 0.1) is 20.8 Å². The molecule has 0 atom stereocenters. The number of nitrogens with one attached hydrogen (secondary N) is 1. The average molecular weight is 355 g/mol. The molecule has 0 radical (unpaired) electrons. The summed E-state index contributed by atoms with van der Waals surface area (Å²) in [5.74, 6) is 0. The van der Waals surface area contributed by atoms with E-state index in [0.717, 1.165) is 16.7 Å². The van der Waals surface area contributed by atoms with Gasteiger partial charge in [0.05, 0.1) is 17.9 Å². The average Bonchev–Trinajstić information content (AvgIpc) is 2.94. The second-order valence-electron chi connectivity index (χ2n) is 6.11. The van der Waals surface area contributed by atoms with Gasteiger partial charge in [-0.05, 0) is 43.5 Å². The van der Waals surface area contributed by atoms with Gasteiger partial charge in [-0.1, -0.05) is 42.5 Å². The van der Waals surface area contributed by atoms with Crippen LogP contribution < -0.4 is 4.72 Å². The van der Waals surface area contributed by atoms with E-state index in [9.17, 15) is 8.42 Å². The molecule has 3 rings (SSSR count). The second kappa shape index (κ2) is 6.72. The summed E-state index contributed by atoms with van der Waals surface area (Å²) in [6.07, 6.45) is 1.58. The number of anilines is 1. The third-order valence-electron chi connectivity index (χ3n) is 4.23. The molecular weight excluding hydrogens is 334 g/mol. The molecular formula is C19H21N3O2S. The largest absolute Gasteiger partial charge is 0.279 e. The third kappa shape index (κ3) is 3.74. The fourth-order valence-electron chi connectivity index (χ4n) is 2.68. The number of rotatable bonds is 5. The molecule has 0 fully saturated rings. The first-order valence-corrected chi connectivity index (χ1v) is 9.52. The van der Waals surface area contributed by atoms with Gasteiger partial charge in [0.15, 0.2) is 0 Å². The zero-order chi connectivity index (χ0) is 18.0. The maximum Gasteiger partial charge on any atom is 0.265 e. The van der Waals surface area contributed by atoms with Gasteiger partial charge in [0.2, 0.25) is 0 Å². The molecule has 130 valence electrons. The summed E-state index contributed by atoms with van der Waals surface area (Å²) < 4.78 is 29.9. The van der Waals surface area contributed by atoms with Crippen molar-refractivity contribution in [2.45, 2.75) is 32.2 Å². The molecule has 1 heterocycles. The van der Waals surface area contributed by atoms with Crippen molar-refractivity contribution in [1.29, 1.82) is 0 Å². The van der Waals surface area contributed by atoms with Crippen molar-refractivity contribution in [3.05, 3.63) is 77.1 Å². The summed E-state index contributed by atoms with van der Waals surface area (Å²) in [5, 5.41) is 4.35. The Kier molecular flexibility index (Phi) is 4.63. The van der Waals surface area contributed by atoms with Crippen LogP contribution in [0.5, 0.6) is 0 Å². The lowest BCUT2D eigenvalue weighted by Gasteiger charge is -2.11. The Morgan fingerprint density at radius 2 is 1.72 bits per heavy atom. The van der Waals surface area contributed by atoms with Gasteiger partial charge in [-0.3, -0.25) is 9.40 Å². The molecule has 0 spiro atoms. The Balaban J connectivity index is 1.89. The van der Waals surface area contributed by atoms with Crippen LogP contribution in [0.25, 0.3) is 0 Å². The molecule has 2 aromatic carbocycles. The van der Waals surface area contributed by atoms with Crippen molar-refractivity contribution in [2.75, 3.05) is 4.72 Å². The van der Waals surface area contributed by atoms with E-state index < -0.39 is 10.0 Å². The lowest BCUT2D eigenvalue weighted by atomic mass is 10.1. The zero-order valence-electron chi connectivity index (χ0n) is 14.5. The van der Waals surface area contributed by atoms with Gasteiger partial charge in [-0.2, -0.15) is 5.10 Å². The Morgan fingerprint density at radius 1 is 1.00 bits per heavy atom. The molecule has 25 heavy (non-hydrogen) atoms. The van der Waals surface area contributed by atoms with Crippen LogP contribution in [0.3, 0.4) is 0 Å². The van der Waals surface area contributed by atoms with E-state index >= 15 is 0 Å². The lowest BCUT2D eigenvalue weighted by molar-refractivity contribution is 0.600. The quantitative estimate of drug-likeness (QED) is 0.760. The van der Waals surface area contributed by atoms with Crippen LogP contribution >= 0.6 is 0 Å². The molecule has 0 aliphatic rings. The van der Waals surface area contributed by atoms with Gasteiger partial charge < -0.3 is 0 Å². The zero-order valence-corrected chi connectivity index (χ0v) is 15.3. The van der Waals surface area contributed by atoms with Crippen LogP contribution in [0.15, 0.2) is 59.6 Å². The Bertz CT molecular complexity index is 993. The highest BCUT2D eigenvalue weighted by Crippen LogP contribution is 2.23. The standard InChI is InChI=1S/C19H21N3O2S/c1-14-8-7-11-18(15(14)2)21-25(23,24)19-13-22(20-16(19)3)12-17-9-5-4-6-10-17/h4-11,13,21H,12H2,1-3H3. The molecule has 3 aromatic rings. The Labute approximate surface area is 148 Å². The van der Waals surface area contributed by atoms with E-state index in [0.29, 0.717) is 17.9 Å². The Morgan fingerprint density at radius 3 is 2.44 bits per heavy atom. The summed E-state index contributed by atoms with van der Waals surface area (Å²) in [6, 6.07) is 15.4. The number of hydrogen-bond donors (Lipinski definition) is 1. The maximum absolute atomic E-state index is 12.8. The van der Waals surface area contributed by atoms with Crippen molar-refractivity contribution in [1.82, 2.24) is 9.78 Å². The van der Waals surface area contributed by atoms with E-state index in [1.165, 1.54) is 0 Å². The summed E-state index contributed by atoms with van der Waals surface area (Å²) >= 11 is 0. The van der Waals surface area contributed by atoms with E-state index in [1.807, 2.05) is 56.3 Å². The minimum atomic E-state index is -3.69. The molecule has 0 saturated heterocycles. The highest BCUT2D eigenvalue weighted by molar-refractivity contribution is 7.92. The molecule has 1 N–H and O–H groups in total. The topological polar surface area (TPSA) is 64.0 Å². The van der Waals surface area contributed by atoms with Crippen LogP contribution in [0.4, 0.5) is 5.69 Å². The fraction of sp³-hybridized carbons (Fsp3) is 0.211. The van der Waals surface area contributed by atoms with Gasteiger partial charge in [-0.25, -0.2) is 8.42 Å². The molecule has 5 nitrogen and oxygen atoms in total. The van der Waals surface area contributed by atoms with Crippen LogP contribution in [-0.2, 0) is 16.6 Å². The summed E-state index contributed by atoms with van der Waals surface area (Å²) in [4.78, 5) is 0.198. The van der Waals surface area contributed by atoms with Gasteiger partial charge in [0.25, 0.3) is 10.0 Å². The third-order valence-corrected chi connectivity index (χ3v) is 5.70. The number of benzene rings is 2. The normalized spacial score (nSPS) is 11.5. The highest BCUT2D eigenvalue weighted by atomic mass is 32.2. The predicted octanol–water partition coefficient (Wildman–Crippen LogP) is 3.66. The first-order chi connectivity index (χ1) is 11.9. The lowest BCUT2D eigenvalue weighted by Crippen LogP contribution is -2.14. The first kappa shape index (κ1) is 17.2. The molecule has 6 heteroatoms. The van der Waals surface area contributed by atoms with Crippen LogP contribution in [0.1, 0.15) is 22.4 Å². The van der Waals surface area contributed by atoms with E-state index in [-0.39, 0.29) is 4.90 Å². The molecule has 0 amide bonds. The molecule has 0 bridgehead atoms. The number of aryl methyl sites for hydroxylation is 2. The van der Waals surface area contributed by atoms with Gasteiger partial charge in [0.1, 0.15) is 4.90 Å². The SMILES string of the molecule is Cc1cccc(NS(=O)(=O)c2cn(Cc3ccccc3)nc2C)c1C. The van der Waals surface area contributed by atoms with Crippen molar-refractivity contribution in [3.63, 3.8) is 0 Å². The maximum atomic E-state index is 12.8. The molecule has 0 unspecified atom stereocenters. The van der Waals surface area contributed by atoms with Crippen molar-refractivity contribution >= 4 is 15.7 Å². The van der Waals surface area contributed by atoms with Crippen molar-refractivity contribution in [2.24, 2.45) is 0 Å². The number of aromatic nitrogens is 2.